The van der Waals surface area contributed by atoms with E-state index in [0.717, 1.165) is 60.5 Å². The third-order valence-corrected chi connectivity index (χ3v) is 7.71. The van der Waals surface area contributed by atoms with Gasteiger partial charge in [0.2, 0.25) is 0 Å². The number of aliphatic imine (C=N–C) groups is 1. The highest BCUT2D eigenvalue weighted by Gasteiger charge is 2.31. The molecule has 2 atom stereocenters. The van der Waals surface area contributed by atoms with Crippen molar-refractivity contribution in [2.24, 2.45) is 4.99 Å². The summed E-state index contributed by atoms with van der Waals surface area (Å²) in [5, 5.41) is 3.32. The molecular formula is C32H39N7O3. The molecule has 0 spiro atoms. The molecule has 0 bridgehead atoms. The fraction of sp³-hybridized carbons (Fsp3) is 0.375. The summed E-state index contributed by atoms with van der Waals surface area (Å²) < 4.78 is 6.04. The molecule has 0 saturated carbocycles. The number of amides is 1. The molecule has 2 aliphatic heterocycles. The quantitative estimate of drug-likeness (QED) is 0.369. The maximum absolute atomic E-state index is 13.8. The molecule has 10 heteroatoms. The van der Waals surface area contributed by atoms with Crippen LogP contribution in [0.3, 0.4) is 0 Å². The zero-order chi connectivity index (χ0) is 29.6. The molecule has 2 aliphatic rings. The first kappa shape index (κ1) is 29.4. The van der Waals surface area contributed by atoms with Crippen molar-refractivity contribution in [1.82, 2.24) is 15.2 Å². The Labute approximate surface area is 247 Å². The first-order chi connectivity index (χ1) is 20.4. The molecule has 1 fully saturated rings. The summed E-state index contributed by atoms with van der Waals surface area (Å²) in [4.78, 5) is 43.2. The predicted molar refractivity (Wildman–Crippen MR) is 167 cm³/mol. The normalized spacial score (nSPS) is 18.1. The summed E-state index contributed by atoms with van der Waals surface area (Å²) in [6.45, 7) is 5.62. The van der Waals surface area contributed by atoms with Crippen molar-refractivity contribution >= 4 is 41.3 Å². The summed E-state index contributed by atoms with van der Waals surface area (Å²) in [5.41, 5.74) is 5.60. The van der Waals surface area contributed by atoms with E-state index in [-0.39, 0.29) is 5.91 Å². The average Bonchev–Trinajstić information content (AvgIpc) is 3.01. The Balaban J connectivity index is 1.48. The largest absolute Gasteiger partial charge is 0.375 e. The summed E-state index contributed by atoms with van der Waals surface area (Å²) in [5.74, 6) is -0.188. The third-order valence-electron chi connectivity index (χ3n) is 7.71. The Kier molecular flexibility index (Phi) is 9.26. The highest BCUT2D eigenvalue weighted by atomic mass is 16.5. The molecule has 1 aromatic heterocycles. The Morgan fingerprint density at radius 1 is 1.07 bits per heavy atom. The van der Waals surface area contributed by atoms with Crippen LogP contribution in [0.5, 0.6) is 0 Å². The van der Waals surface area contributed by atoms with Gasteiger partial charge in [-0.2, -0.15) is 0 Å². The molecule has 10 nitrogen and oxygen atoms in total. The number of ether oxygens (including phenoxy) is 1. The number of aldehydes is 1. The number of nitrogens with one attached hydrogen (secondary N) is 1. The number of anilines is 3. The van der Waals surface area contributed by atoms with Crippen molar-refractivity contribution in [3.05, 3.63) is 77.6 Å². The van der Waals surface area contributed by atoms with Crippen LogP contribution >= 0.6 is 0 Å². The number of rotatable bonds is 10. The number of nitrogens with zero attached hydrogens (tertiary/aromatic N) is 6. The van der Waals surface area contributed by atoms with E-state index in [1.165, 1.54) is 0 Å². The molecular weight excluding hydrogens is 530 g/mol. The zero-order valence-electron chi connectivity index (χ0n) is 24.7. The molecule has 2 unspecified atom stereocenters. The van der Waals surface area contributed by atoms with Gasteiger partial charge in [-0.05, 0) is 82.0 Å². The minimum Gasteiger partial charge on any atom is -0.375 e. The number of pyridine rings is 1. The summed E-state index contributed by atoms with van der Waals surface area (Å²) in [6, 6.07) is 14.7. The summed E-state index contributed by atoms with van der Waals surface area (Å²) in [6.07, 6.45) is 6.43. The number of morpholine rings is 1. The molecule has 1 saturated heterocycles. The minimum atomic E-state index is -0.571. The van der Waals surface area contributed by atoms with Gasteiger partial charge >= 0.3 is 0 Å². The van der Waals surface area contributed by atoms with Crippen LogP contribution in [0.15, 0.2) is 65.9 Å². The number of aryl methyl sites for hydroxylation is 1. The van der Waals surface area contributed by atoms with Crippen LogP contribution < -0.4 is 20.0 Å². The number of fused-ring (bicyclic) bond motifs is 1. The van der Waals surface area contributed by atoms with Gasteiger partial charge in [0.15, 0.2) is 0 Å². The van der Waals surface area contributed by atoms with Gasteiger partial charge in [-0.25, -0.2) is 4.99 Å². The van der Waals surface area contributed by atoms with Crippen molar-refractivity contribution in [3.63, 3.8) is 0 Å². The van der Waals surface area contributed by atoms with E-state index in [1.807, 2.05) is 36.1 Å². The molecule has 1 N–H and O–H groups in total. The van der Waals surface area contributed by atoms with Gasteiger partial charge in [0.05, 0.1) is 18.6 Å². The standard InChI is InChI=1S/C32H39N7O3/c1-23-6-7-26(39(31-20-34-14-17-42-31)32(41)24-10-12-33-13-11-24)19-29(23)38-22-35-28-9-8-25(18-27(28)30(38)21-40)37(4)16-5-15-36(2)3/h6-13,18-19,21-22,30-31,34H,5,14-17,20H2,1-4H3. The fourth-order valence-electron chi connectivity index (χ4n) is 5.38. The van der Waals surface area contributed by atoms with Gasteiger partial charge in [-0.1, -0.05) is 6.07 Å². The lowest BCUT2D eigenvalue weighted by molar-refractivity contribution is -0.108. The van der Waals surface area contributed by atoms with E-state index in [0.29, 0.717) is 24.4 Å². The predicted octanol–water partition coefficient (Wildman–Crippen LogP) is 3.79. The van der Waals surface area contributed by atoms with Crippen molar-refractivity contribution in [3.8, 4) is 0 Å². The lowest BCUT2D eigenvalue weighted by atomic mass is 10.00. The third kappa shape index (κ3) is 6.35. The van der Waals surface area contributed by atoms with Gasteiger partial charge in [-0.3, -0.25) is 14.7 Å². The minimum absolute atomic E-state index is 0.188. The van der Waals surface area contributed by atoms with Gasteiger partial charge in [0.25, 0.3) is 5.91 Å². The monoisotopic (exact) mass is 569 g/mol. The van der Waals surface area contributed by atoms with E-state index in [9.17, 15) is 9.59 Å². The Morgan fingerprint density at radius 2 is 1.86 bits per heavy atom. The topological polar surface area (TPSA) is 93.6 Å². The van der Waals surface area contributed by atoms with Crippen molar-refractivity contribution in [1.29, 1.82) is 0 Å². The molecule has 2 aromatic carbocycles. The van der Waals surface area contributed by atoms with Crippen molar-refractivity contribution < 1.29 is 14.3 Å². The Hall–Kier alpha value is -4.12. The zero-order valence-corrected chi connectivity index (χ0v) is 24.7. The molecule has 0 radical (unpaired) electrons. The lowest BCUT2D eigenvalue weighted by Gasteiger charge is -2.36. The second-order valence-electron chi connectivity index (χ2n) is 11.0. The van der Waals surface area contributed by atoms with Crippen LogP contribution in [0.25, 0.3) is 0 Å². The van der Waals surface area contributed by atoms with Gasteiger partial charge in [-0.15, -0.1) is 0 Å². The summed E-state index contributed by atoms with van der Waals surface area (Å²) in [7, 11) is 6.22. The van der Waals surface area contributed by atoms with Crippen LogP contribution in [-0.2, 0) is 9.53 Å². The maximum Gasteiger partial charge on any atom is 0.260 e. The number of hydrogen-bond acceptors (Lipinski definition) is 9. The number of carbonyl (C=O) groups excluding carboxylic acids is 2. The number of carbonyl (C=O) groups is 2. The average molecular weight is 570 g/mol. The van der Waals surface area contributed by atoms with Gasteiger partial charge < -0.3 is 29.5 Å². The van der Waals surface area contributed by atoms with Crippen molar-refractivity contribution in [2.75, 3.05) is 68.6 Å². The number of hydrogen-bond donors (Lipinski definition) is 1. The second kappa shape index (κ2) is 13.2. The van der Waals surface area contributed by atoms with Crippen LogP contribution in [0, 0.1) is 6.92 Å². The molecule has 0 aliphatic carbocycles. The van der Waals surface area contributed by atoms with E-state index in [4.69, 9.17) is 9.73 Å². The van der Waals surface area contributed by atoms with Gasteiger partial charge in [0, 0.05) is 67.3 Å². The van der Waals surface area contributed by atoms with Crippen LogP contribution in [-0.4, -0.2) is 88.6 Å². The van der Waals surface area contributed by atoms with E-state index in [1.54, 1.807) is 35.8 Å². The summed E-state index contributed by atoms with van der Waals surface area (Å²) >= 11 is 0. The van der Waals surface area contributed by atoms with Crippen LogP contribution in [0.4, 0.5) is 22.7 Å². The van der Waals surface area contributed by atoms with Crippen LogP contribution in [0.2, 0.25) is 0 Å². The molecule has 1 amide bonds. The highest BCUT2D eigenvalue weighted by molar-refractivity contribution is 6.07. The molecule has 3 heterocycles. The SMILES string of the molecule is Cc1ccc(N(C(=O)c2ccncc2)C2CNCCO2)cc1N1C=Nc2ccc(N(C)CCCN(C)C)cc2C1C=O. The van der Waals surface area contributed by atoms with Crippen LogP contribution in [0.1, 0.15) is 33.9 Å². The number of benzene rings is 2. The molecule has 42 heavy (non-hydrogen) atoms. The smallest absolute Gasteiger partial charge is 0.260 e. The van der Waals surface area contributed by atoms with E-state index >= 15 is 0 Å². The van der Waals surface area contributed by atoms with E-state index < -0.39 is 12.3 Å². The first-order valence-electron chi connectivity index (χ1n) is 14.3. The van der Waals surface area contributed by atoms with Crippen molar-refractivity contribution in [2.45, 2.75) is 25.6 Å². The second-order valence-corrected chi connectivity index (χ2v) is 11.0. The van der Waals surface area contributed by atoms with Gasteiger partial charge in [0.1, 0.15) is 18.6 Å². The molecule has 3 aromatic rings. The lowest BCUT2D eigenvalue weighted by Crippen LogP contribution is -2.52. The molecule has 220 valence electrons. The Bertz CT molecular complexity index is 1420. The number of aromatic nitrogens is 1. The first-order valence-corrected chi connectivity index (χ1v) is 14.3. The fourth-order valence-corrected chi connectivity index (χ4v) is 5.38. The molecule has 5 rings (SSSR count). The maximum atomic E-state index is 13.8. The highest BCUT2D eigenvalue weighted by Crippen LogP contribution is 2.39. The van der Waals surface area contributed by atoms with E-state index in [2.05, 4.69) is 53.4 Å². The Morgan fingerprint density at radius 3 is 2.57 bits per heavy atom.